The van der Waals surface area contributed by atoms with Crippen LogP contribution in [-0.2, 0) is 4.74 Å². The van der Waals surface area contributed by atoms with Crippen LogP contribution in [0.2, 0.25) is 0 Å². The number of nitrogens with one attached hydrogen (secondary N) is 1. The maximum absolute atomic E-state index is 12.0. The second-order valence-corrected chi connectivity index (χ2v) is 6.17. The Labute approximate surface area is 119 Å². The Kier molecular flexibility index (Phi) is 4.52. The standard InChI is InChI=1S/C14H23N3O3/c1-14(2,3)20-13(18)17-8-4-5-11(9-17)10-19-12-6-7-15-16-12/h6-7,11H,4-5,8-10H2,1-3H3,(H,15,16). The van der Waals surface area contributed by atoms with E-state index in [0.29, 0.717) is 24.9 Å². The van der Waals surface area contributed by atoms with Crippen molar-refractivity contribution in [2.75, 3.05) is 19.7 Å². The zero-order valence-electron chi connectivity index (χ0n) is 12.4. The Bertz CT molecular complexity index is 425. The summed E-state index contributed by atoms with van der Waals surface area (Å²) in [5.74, 6) is 0.999. The van der Waals surface area contributed by atoms with Gasteiger partial charge in [-0.3, -0.25) is 0 Å². The molecule has 0 spiro atoms. The molecule has 1 unspecified atom stereocenters. The van der Waals surface area contributed by atoms with Crippen molar-refractivity contribution in [2.45, 2.75) is 39.2 Å². The topological polar surface area (TPSA) is 67.4 Å². The predicted octanol–water partition coefficient (Wildman–Crippen LogP) is 2.44. The van der Waals surface area contributed by atoms with E-state index in [2.05, 4.69) is 10.2 Å². The van der Waals surface area contributed by atoms with Gasteiger partial charge in [-0.05, 0) is 33.6 Å². The first kappa shape index (κ1) is 14.7. The first-order chi connectivity index (χ1) is 9.44. The average Bonchev–Trinajstić information content (AvgIpc) is 2.88. The molecule has 1 aliphatic heterocycles. The van der Waals surface area contributed by atoms with Gasteiger partial charge in [-0.2, -0.15) is 5.10 Å². The van der Waals surface area contributed by atoms with Crippen LogP contribution in [0.15, 0.2) is 12.3 Å². The van der Waals surface area contributed by atoms with Crippen molar-refractivity contribution in [3.63, 3.8) is 0 Å². The number of aromatic amines is 1. The summed E-state index contributed by atoms with van der Waals surface area (Å²) in [6.45, 7) is 7.68. The summed E-state index contributed by atoms with van der Waals surface area (Å²) in [4.78, 5) is 13.8. The molecule has 1 aromatic heterocycles. The lowest BCUT2D eigenvalue weighted by atomic mass is 9.99. The van der Waals surface area contributed by atoms with E-state index in [-0.39, 0.29) is 6.09 Å². The number of aromatic nitrogens is 2. The molecule has 2 heterocycles. The molecule has 0 aromatic carbocycles. The Morgan fingerprint density at radius 3 is 3.00 bits per heavy atom. The molecule has 0 aliphatic carbocycles. The first-order valence-electron chi connectivity index (χ1n) is 7.04. The second-order valence-electron chi connectivity index (χ2n) is 6.17. The molecular formula is C14H23N3O3. The highest BCUT2D eigenvalue weighted by molar-refractivity contribution is 5.68. The summed E-state index contributed by atoms with van der Waals surface area (Å²) in [5, 5.41) is 6.60. The number of piperidine rings is 1. The molecule has 1 saturated heterocycles. The lowest BCUT2D eigenvalue weighted by Crippen LogP contribution is -2.44. The molecule has 1 amide bonds. The van der Waals surface area contributed by atoms with Gasteiger partial charge in [0.15, 0.2) is 0 Å². The molecule has 1 fully saturated rings. The number of ether oxygens (including phenoxy) is 2. The molecule has 20 heavy (non-hydrogen) atoms. The SMILES string of the molecule is CC(C)(C)OC(=O)N1CCCC(COc2ccn[nH]2)C1. The maximum atomic E-state index is 12.0. The Balaban J connectivity index is 1.80. The number of amides is 1. The van der Waals surface area contributed by atoms with Crippen molar-refractivity contribution in [1.82, 2.24) is 15.1 Å². The Hall–Kier alpha value is -1.72. The highest BCUT2D eigenvalue weighted by atomic mass is 16.6. The molecule has 6 heteroatoms. The van der Waals surface area contributed by atoms with Gasteiger partial charge < -0.3 is 14.4 Å². The molecule has 0 bridgehead atoms. The normalized spacial score (nSPS) is 19.8. The third kappa shape index (κ3) is 4.43. The molecule has 1 aromatic rings. The number of hydrogen-bond acceptors (Lipinski definition) is 4. The van der Waals surface area contributed by atoms with Gasteiger partial charge in [-0.25, -0.2) is 9.89 Å². The average molecular weight is 281 g/mol. The summed E-state index contributed by atoms with van der Waals surface area (Å²) >= 11 is 0. The van der Waals surface area contributed by atoms with Crippen molar-refractivity contribution in [3.8, 4) is 5.88 Å². The van der Waals surface area contributed by atoms with Gasteiger partial charge in [0, 0.05) is 25.1 Å². The number of likely N-dealkylation sites (tertiary alicyclic amines) is 1. The predicted molar refractivity (Wildman–Crippen MR) is 74.6 cm³/mol. The quantitative estimate of drug-likeness (QED) is 0.924. The van der Waals surface area contributed by atoms with E-state index in [9.17, 15) is 4.79 Å². The van der Waals surface area contributed by atoms with Crippen molar-refractivity contribution in [2.24, 2.45) is 5.92 Å². The lowest BCUT2D eigenvalue weighted by molar-refractivity contribution is 0.0138. The van der Waals surface area contributed by atoms with Crippen LogP contribution in [0.25, 0.3) is 0 Å². The van der Waals surface area contributed by atoms with Crippen LogP contribution in [-0.4, -0.2) is 46.5 Å². The number of hydrogen-bond donors (Lipinski definition) is 1. The van der Waals surface area contributed by atoms with E-state index < -0.39 is 5.60 Å². The van der Waals surface area contributed by atoms with E-state index in [0.717, 1.165) is 19.4 Å². The zero-order chi connectivity index (χ0) is 14.6. The van der Waals surface area contributed by atoms with Crippen LogP contribution in [0, 0.1) is 5.92 Å². The molecule has 1 aliphatic rings. The van der Waals surface area contributed by atoms with Crippen LogP contribution in [0.3, 0.4) is 0 Å². The number of carbonyl (C=O) groups is 1. The first-order valence-corrected chi connectivity index (χ1v) is 7.04. The monoisotopic (exact) mass is 281 g/mol. The summed E-state index contributed by atoms with van der Waals surface area (Å²) in [7, 11) is 0. The van der Waals surface area contributed by atoms with E-state index in [1.807, 2.05) is 20.8 Å². The molecule has 2 rings (SSSR count). The molecular weight excluding hydrogens is 258 g/mol. The molecule has 1 N–H and O–H groups in total. The van der Waals surface area contributed by atoms with Crippen molar-refractivity contribution >= 4 is 6.09 Å². The third-order valence-electron chi connectivity index (χ3n) is 3.12. The Morgan fingerprint density at radius 2 is 2.35 bits per heavy atom. The fourth-order valence-electron chi connectivity index (χ4n) is 2.22. The van der Waals surface area contributed by atoms with Crippen LogP contribution in [0.1, 0.15) is 33.6 Å². The highest BCUT2D eigenvalue weighted by Crippen LogP contribution is 2.20. The number of carbonyl (C=O) groups excluding carboxylic acids is 1. The number of nitrogens with zero attached hydrogens (tertiary/aromatic N) is 2. The summed E-state index contributed by atoms with van der Waals surface area (Å²) in [6.07, 6.45) is 3.47. The van der Waals surface area contributed by atoms with Gasteiger partial charge in [0.05, 0.1) is 12.8 Å². The smallest absolute Gasteiger partial charge is 0.410 e. The fourth-order valence-corrected chi connectivity index (χ4v) is 2.22. The van der Waals surface area contributed by atoms with Gasteiger partial charge in [0.2, 0.25) is 5.88 Å². The molecule has 6 nitrogen and oxygen atoms in total. The van der Waals surface area contributed by atoms with Crippen LogP contribution in [0.5, 0.6) is 5.88 Å². The van der Waals surface area contributed by atoms with E-state index in [1.165, 1.54) is 0 Å². The molecule has 0 radical (unpaired) electrons. The third-order valence-corrected chi connectivity index (χ3v) is 3.12. The van der Waals surface area contributed by atoms with Crippen molar-refractivity contribution < 1.29 is 14.3 Å². The minimum Gasteiger partial charge on any atom is -0.478 e. The van der Waals surface area contributed by atoms with Gasteiger partial charge in [0.25, 0.3) is 0 Å². The van der Waals surface area contributed by atoms with Gasteiger partial charge in [0.1, 0.15) is 5.60 Å². The van der Waals surface area contributed by atoms with E-state index >= 15 is 0 Å². The van der Waals surface area contributed by atoms with Crippen molar-refractivity contribution in [3.05, 3.63) is 12.3 Å². The summed E-state index contributed by atoms with van der Waals surface area (Å²) < 4.78 is 11.0. The van der Waals surface area contributed by atoms with E-state index in [4.69, 9.17) is 9.47 Å². The van der Waals surface area contributed by atoms with Gasteiger partial charge in [-0.15, -0.1) is 0 Å². The van der Waals surface area contributed by atoms with Crippen LogP contribution in [0.4, 0.5) is 4.79 Å². The fraction of sp³-hybridized carbons (Fsp3) is 0.714. The second kappa shape index (κ2) is 6.15. The molecule has 0 saturated carbocycles. The van der Waals surface area contributed by atoms with Gasteiger partial charge >= 0.3 is 6.09 Å². The minimum atomic E-state index is -0.448. The number of rotatable bonds is 3. The van der Waals surface area contributed by atoms with Crippen molar-refractivity contribution in [1.29, 1.82) is 0 Å². The van der Waals surface area contributed by atoms with Gasteiger partial charge in [-0.1, -0.05) is 0 Å². The van der Waals surface area contributed by atoms with Crippen LogP contribution < -0.4 is 4.74 Å². The zero-order valence-corrected chi connectivity index (χ0v) is 12.4. The summed E-state index contributed by atoms with van der Waals surface area (Å²) in [5.41, 5.74) is -0.448. The minimum absolute atomic E-state index is 0.233. The lowest BCUT2D eigenvalue weighted by Gasteiger charge is -2.33. The highest BCUT2D eigenvalue weighted by Gasteiger charge is 2.27. The summed E-state index contributed by atoms with van der Waals surface area (Å²) in [6, 6.07) is 1.79. The Morgan fingerprint density at radius 1 is 1.55 bits per heavy atom. The van der Waals surface area contributed by atoms with Crippen LogP contribution >= 0.6 is 0 Å². The van der Waals surface area contributed by atoms with E-state index in [1.54, 1.807) is 17.2 Å². The molecule has 1 atom stereocenters. The maximum Gasteiger partial charge on any atom is 0.410 e. The number of H-pyrrole nitrogens is 1. The molecule has 112 valence electrons. The largest absolute Gasteiger partial charge is 0.478 e.